The summed E-state index contributed by atoms with van der Waals surface area (Å²) in [6.07, 6.45) is 0.439. The number of aryl methyl sites for hydroxylation is 2. The first-order valence-corrected chi connectivity index (χ1v) is 4.55. The lowest BCUT2D eigenvalue weighted by molar-refractivity contribution is 0.172. The molecule has 0 aliphatic rings. The predicted molar refractivity (Wildman–Crippen MR) is 46.8 cm³/mol. The number of aliphatic hydroxyl groups excluding tert-OH is 1. The largest absolute Gasteiger partial charge is 0.388 e. The fourth-order valence-electron chi connectivity index (χ4n) is 1.17. The summed E-state index contributed by atoms with van der Waals surface area (Å²) in [7, 11) is 0. The van der Waals surface area contributed by atoms with Gasteiger partial charge in [0.1, 0.15) is 0 Å². The molecule has 1 atom stereocenters. The van der Waals surface area contributed by atoms with Gasteiger partial charge in [-0.1, -0.05) is 6.92 Å². The summed E-state index contributed by atoms with van der Waals surface area (Å²) in [5, 5.41) is 9.55. The first-order chi connectivity index (χ1) is 5.16. The number of nitrogens with zero attached hydrogens (tertiary/aromatic N) is 1. The first kappa shape index (κ1) is 8.68. The molecule has 2 nitrogen and oxygen atoms in total. The van der Waals surface area contributed by atoms with Crippen LogP contribution in [0, 0.1) is 13.8 Å². The van der Waals surface area contributed by atoms with Crippen molar-refractivity contribution in [3.8, 4) is 0 Å². The molecule has 1 heterocycles. The standard InChI is InChI=1S/C8H13NOS/c1-4-7(10)8-5(2)9-11-6(8)3/h7,10H,4H2,1-3H3. The van der Waals surface area contributed by atoms with Crippen LogP contribution in [0.4, 0.5) is 0 Å². The lowest BCUT2D eigenvalue weighted by Gasteiger charge is -2.06. The van der Waals surface area contributed by atoms with Crippen LogP contribution in [0.2, 0.25) is 0 Å². The Morgan fingerprint density at radius 1 is 1.55 bits per heavy atom. The van der Waals surface area contributed by atoms with Crippen molar-refractivity contribution in [1.82, 2.24) is 4.37 Å². The van der Waals surface area contributed by atoms with Crippen LogP contribution in [0.3, 0.4) is 0 Å². The second-order valence-corrected chi connectivity index (χ2v) is 3.64. The van der Waals surface area contributed by atoms with Gasteiger partial charge in [-0.3, -0.25) is 0 Å². The zero-order chi connectivity index (χ0) is 8.43. The number of aliphatic hydroxyl groups is 1. The molecule has 0 fully saturated rings. The lowest BCUT2D eigenvalue weighted by Crippen LogP contribution is -1.97. The highest BCUT2D eigenvalue weighted by Gasteiger charge is 2.13. The molecular weight excluding hydrogens is 158 g/mol. The highest BCUT2D eigenvalue weighted by atomic mass is 32.1. The van der Waals surface area contributed by atoms with Gasteiger partial charge < -0.3 is 5.11 Å². The molecule has 1 aromatic heterocycles. The van der Waals surface area contributed by atoms with E-state index in [9.17, 15) is 5.11 Å². The molecule has 0 saturated carbocycles. The van der Waals surface area contributed by atoms with Gasteiger partial charge in [-0.2, -0.15) is 4.37 Å². The van der Waals surface area contributed by atoms with Crippen molar-refractivity contribution in [2.75, 3.05) is 0 Å². The number of aromatic nitrogens is 1. The molecule has 1 rings (SSSR count). The van der Waals surface area contributed by atoms with Gasteiger partial charge in [-0.25, -0.2) is 0 Å². The topological polar surface area (TPSA) is 33.1 Å². The summed E-state index contributed by atoms with van der Waals surface area (Å²) < 4.78 is 4.17. The SMILES string of the molecule is CCC(O)c1c(C)nsc1C. The summed E-state index contributed by atoms with van der Waals surface area (Å²) in [6.45, 7) is 5.91. The molecule has 0 amide bonds. The predicted octanol–water partition coefficient (Wildman–Crippen LogP) is 2.20. The van der Waals surface area contributed by atoms with Crippen LogP contribution in [0.5, 0.6) is 0 Å². The molecule has 1 aromatic rings. The normalized spacial score (nSPS) is 13.5. The third kappa shape index (κ3) is 1.60. The van der Waals surface area contributed by atoms with Gasteiger partial charge in [-0.05, 0) is 31.8 Å². The van der Waals surface area contributed by atoms with E-state index in [0.29, 0.717) is 0 Å². The van der Waals surface area contributed by atoms with E-state index in [1.165, 1.54) is 11.5 Å². The molecule has 0 saturated heterocycles. The van der Waals surface area contributed by atoms with Gasteiger partial charge >= 0.3 is 0 Å². The van der Waals surface area contributed by atoms with E-state index in [2.05, 4.69) is 4.37 Å². The van der Waals surface area contributed by atoms with Crippen LogP contribution >= 0.6 is 11.5 Å². The van der Waals surface area contributed by atoms with E-state index >= 15 is 0 Å². The van der Waals surface area contributed by atoms with Crippen molar-refractivity contribution in [2.45, 2.75) is 33.3 Å². The Kier molecular flexibility index (Phi) is 2.62. The quantitative estimate of drug-likeness (QED) is 0.740. The summed E-state index contributed by atoms with van der Waals surface area (Å²) in [5.74, 6) is 0. The van der Waals surface area contributed by atoms with E-state index < -0.39 is 0 Å². The Balaban J connectivity index is 3.00. The minimum atomic E-state index is -0.325. The molecule has 62 valence electrons. The minimum Gasteiger partial charge on any atom is -0.388 e. The third-order valence-corrected chi connectivity index (χ3v) is 2.67. The van der Waals surface area contributed by atoms with Crippen molar-refractivity contribution in [3.05, 3.63) is 16.1 Å². The second-order valence-electron chi connectivity index (χ2n) is 2.66. The average Bonchev–Trinajstić information content (AvgIpc) is 2.30. The van der Waals surface area contributed by atoms with Gasteiger partial charge in [0.25, 0.3) is 0 Å². The van der Waals surface area contributed by atoms with Crippen molar-refractivity contribution in [1.29, 1.82) is 0 Å². The Morgan fingerprint density at radius 3 is 2.55 bits per heavy atom. The highest BCUT2D eigenvalue weighted by molar-refractivity contribution is 7.05. The zero-order valence-electron chi connectivity index (χ0n) is 7.09. The van der Waals surface area contributed by atoms with Crippen LogP contribution < -0.4 is 0 Å². The zero-order valence-corrected chi connectivity index (χ0v) is 7.90. The molecule has 1 N–H and O–H groups in total. The van der Waals surface area contributed by atoms with E-state index in [4.69, 9.17) is 0 Å². The second kappa shape index (κ2) is 3.32. The van der Waals surface area contributed by atoms with Crippen molar-refractivity contribution in [3.63, 3.8) is 0 Å². The summed E-state index contributed by atoms with van der Waals surface area (Å²) in [5.41, 5.74) is 2.00. The van der Waals surface area contributed by atoms with E-state index in [1.54, 1.807) is 0 Å². The van der Waals surface area contributed by atoms with E-state index in [1.807, 2.05) is 20.8 Å². The number of hydrogen-bond donors (Lipinski definition) is 1. The summed E-state index contributed by atoms with van der Waals surface area (Å²) >= 11 is 1.46. The molecule has 0 radical (unpaired) electrons. The monoisotopic (exact) mass is 171 g/mol. The summed E-state index contributed by atoms with van der Waals surface area (Å²) in [6, 6.07) is 0. The van der Waals surface area contributed by atoms with Crippen LogP contribution in [0.25, 0.3) is 0 Å². The van der Waals surface area contributed by atoms with E-state index in [0.717, 1.165) is 22.6 Å². The maximum absolute atomic E-state index is 9.55. The number of rotatable bonds is 2. The van der Waals surface area contributed by atoms with Crippen molar-refractivity contribution in [2.24, 2.45) is 0 Å². The third-order valence-electron chi connectivity index (χ3n) is 1.81. The lowest BCUT2D eigenvalue weighted by atomic mass is 10.1. The Hall–Kier alpha value is -0.410. The average molecular weight is 171 g/mol. The van der Waals surface area contributed by atoms with Gasteiger partial charge in [-0.15, -0.1) is 0 Å². The van der Waals surface area contributed by atoms with Gasteiger partial charge in [0.2, 0.25) is 0 Å². The summed E-state index contributed by atoms with van der Waals surface area (Å²) in [4.78, 5) is 1.14. The number of hydrogen-bond acceptors (Lipinski definition) is 3. The van der Waals surface area contributed by atoms with Gasteiger partial charge in [0, 0.05) is 10.4 Å². The molecule has 0 aliphatic carbocycles. The molecule has 0 spiro atoms. The highest BCUT2D eigenvalue weighted by Crippen LogP contribution is 2.25. The van der Waals surface area contributed by atoms with Crippen molar-refractivity contribution >= 4 is 11.5 Å². The molecule has 0 aliphatic heterocycles. The van der Waals surface area contributed by atoms with Crippen LogP contribution in [0.1, 0.15) is 35.6 Å². The molecule has 3 heteroatoms. The fourth-order valence-corrected chi connectivity index (χ4v) is 1.92. The van der Waals surface area contributed by atoms with Crippen molar-refractivity contribution < 1.29 is 5.11 Å². The first-order valence-electron chi connectivity index (χ1n) is 3.77. The van der Waals surface area contributed by atoms with Gasteiger partial charge in [0.15, 0.2) is 0 Å². The maximum atomic E-state index is 9.55. The van der Waals surface area contributed by atoms with Gasteiger partial charge in [0.05, 0.1) is 11.8 Å². The minimum absolute atomic E-state index is 0.325. The molecule has 0 bridgehead atoms. The van der Waals surface area contributed by atoms with Crippen LogP contribution in [-0.2, 0) is 0 Å². The smallest absolute Gasteiger partial charge is 0.0816 e. The fraction of sp³-hybridized carbons (Fsp3) is 0.625. The Morgan fingerprint density at radius 2 is 2.18 bits per heavy atom. The van der Waals surface area contributed by atoms with Crippen LogP contribution in [-0.4, -0.2) is 9.48 Å². The molecule has 1 unspecified atom stereocenters. The molecular formula is C8H13NOS. The molecule has 11 heavy (non-hydrogen) atoms. The van der Waals surface area contributed by atoms with Crippen LogP contribution in [0.15, 0.2) is 0 Å². The maximum Gasteiger partial charge on any atom is 0.0816 e. The molecule has 0 aromatic carbocycles. The van der Waals surface area contributed by atoms with E-state index in [-0.39, 0.29) is 6.10 Å². The Bertz CT molecular complexity index is 225. The Labute approximate surface area is 71.1 Å².